The first-order valence-corrected chi connectivity index (χ1v) is 11.4. The molecule has 0 aliphatic rings. The molecule has 1 amide bonds. The van der Waals surface area contributed by atoms with Crippen LogP contribution in [0, 0.1) is 6.92 Å². The van der Waals surface area contributed by atoms with Crippen LogP contribution < -0.4 is 5.32 Å². The van der Waals surface area contributed by atoms with Crippen molar-refractivity contribution in [1.82, 2.24) is 4.98 Å². The highest BCUT2D eigenvalue weighted by Crippen LogP contribution is 2.29. The van der Waals surface area contributed by atoms with Gasteiger partial charge in [0, 0.05) is 27.8 Å². The monoisotopic (exact) mass is 462 g/mol. The fourth-order valence-electron chi connectivity index (χ4n) is 2.91. The molecular weight excluding hydrogens is 444 g/mol. The Bertz CT molecular complexity index is 1250. The second-order valence-electron chi connectivity index (χ2n) is 6.84. The molecule has 2 heterocycles. The Morgan fingerprint density at radius 3 is 2.41 bits per heavy atom. The lowest BCUT2D eigenvalue weighted by molar-refractivity contribution is 0.0478. The van der Waals surface area contributed by atoms with E-state index in [-0.39, 0.29) is 18.3 Å². The molecule has 2 aromatic heterocycles. The van der Waals surface area contributed by atoms with Crippen molar-refractivity contribution < 1.29 is 19.1 Å². The van der Waals surface area contributed by atoms with Crippen molar-refractivity contribution in [2.75, 3.05) is 11.9 Å². The van der Waals surface area contributed by atoms with Crippen LogP contribution in [0.5, 0.6) is 0 Å². The minimum absolute atomic E-state index is 0.236. The van der Waals surface area contributed by atoms with E-state index >= 15 is 0 Å². The van der Waals surface area contributed by atoms with Gasteiger partial charge in [-0.05, 0) is 54.8 Å². The summed E-state index contributed by atoms with van der Waals surface area (Å²) in [7, 11) is 0. The Morgan fingerprint density at radius 1 is 0.969 bits per heavy atom. The molecule has 0 aliphatic carbocycles. The van der Waals surface area contributed by atoms with Crippen molar-refractivity contribution in [3.8, 4) is 10.6 Å². The van der Waals surface area contributed by atoms with E-state index in [1.807, 2.05) is 22.9 Å². The van der Waals surface area contributed by atoms with Gasteiger partial charge in [-0.15, -0.1) is 11.3 Å². The summed E-state index contributed by atoms with van der Waals surface area (Å²) < 4.78 is 5.22. The minimum Gasteiger partial charge on any atom is -0.453 e. The number of nitrogens with one attached hydrogen (secondary N) is 1. The highest BCUT2D eigenvalue weighted by molar-refractivity contribution is 7.17. The van der Waals surface area contributed by atoms with E-state index in [0.29, 0.717) is 27.4 Å². The van der Waals surface area contributed by atoms with Crippen molar-refractivity contribution in [1.29, 1.82) is 0 Å². The maximum Gasteiger partial charge on any atom is 0.350 e. The molecule has 160 valence electrons. The summed E-state index contributed by atoms with van der Waals surface area (Å²) >= 11 is 2.80. The van der Waals surface area contributed by atoms with Crippen molar-refractivity contribution >= 4 is 46.0 Å². The molecule has 0 aliphatic heterocycles. The van der Waals surface area contributed by atoms with Crippen LogP contribution in [-0.2, 0) is 4.74 Å². The van der Waals surface area contributed by atoms with Crippen molar-refractivity contribution in [2.24, 2.45) is 0 Å². The predicted molar refractivity (Wildman–Crippen MR) is 126 cm³/mol. The second kappa shape index (κ2) is 9.67. The molecule has 2 aromatic carbocycles. The molecule has 4 aromatic rings. The smallest absolute Gasteiger partial charge is 0.350 e. The molecule has 0 fully saturated rings. The van der Waals surface area contributed by atoms with E-state index in [4.69, 9.17) is 4.74 Å². The lowest BCUT2D eigenvalue weighted by Gasteiger charge is -2.07. The number of aromatic nitrogens is 1. The SMILES string of the molecule is Cc1nc(-c2ccsc2)sc1C(=O)OCC(=O)c1ccc(NC(=O)c2ccccc2)cc1. The molecule has 32 heavy (non-hydrogen) atoms. The number of nitrogens with zero attached hydrogens (tertiary/aromatic N) is 1. The van der Waals surface area contributed by atoms with Crippen LogP contribution in [0.25, 0.3) is 10.6 Å². The van der Waals surface area contributed by atoms with Gasteiger partial charge in [0.2, 0.25) is 0 Å². The minimum atomic E-state index is -0.568. The molecule has 0 saturated heterocycles. The Labute approximate surface area is 192 Å². The summed E-state index contributed by atoms with van der Waals surface area (Å²) in [6.07, 6.45) is 0. The number of rotatable bonds is 7. The van der Waals surface area contributed by atoms with Gasteiger partial charge in [-0.3, -0.25) is 9.59 Å². The number of carbonyl (C=O) groups excluding carboxylic acids is 3. The molecule has 4 rings (SSSR count). The van der Waals surface area contributed by atoms with Crippen LogP contribution in [0.4, 0.5) is 5.69 Å². The Hall–Kier alpha value is -3.62. The van der Waals surface area contributed by atoms with Gasteiger partial charge in [-0.25, -0.2) is 9.78 Å². The fourth-order valence-corrected chi connectivity index (χ4v) is 4.58. The maximum absolute atomic E-state index is 12.4. The highest BCUT2D eigenvalue weighted by Gasteiger charge is 2.19. The summed E-state index contributed by atoms with van der Waals surface area (Å²) in [5, 5.41) is 7.43. The summed E-state index contributed by atoms with van der Waals surface area (Å²) in [5.74, 6) is -1.14. The van der Waals surface area contributed by atoms with Gasteiger partial charge in [-0.1, -0.05) is 18.2 Å². The normalized spacial score (nSPS) is 10.5. The maximum atomic E-state index is 12.4. The van der Waals surface area contributed by atoms with E-state index in [2.05, 4.69) is 10.3 Å². The number of carbonyl (C=O) groups is 3. The number of anilines is 1. The third-order valence-corrected chi connectivity index (χ3v) is 6.45. The van der Waals surface area contributed by atoms with Gasteiger partial charge in [0.1, 0.15) is 9.88 Å². The summed E-state index contributed by atoms with van der Waals surface area (Å²) in [4.78, 5) is 41.9. The average molecular weight is 463 g/mol. The molecule has 8 heteroatoms. The average Bonchev–Trinajstić information content (AvgIpc) is 3.48. The fraction of sp³-hybridized carbons (Fsp3) is 0.0833. The van der Waals surface area contributed by atoms with E-state index in [9.17, 15) is 14.4 Å². The standard InChI is InChI=1S/C24H18N2O4S2/c1-15-21(32-23(25-15)18-11-12-31-14-18)24(29)30-13-20(27)16-7-9-19(10-8-16)26-22(28)17-5-3-2-4-6-17/h2-12,14H,13H2,1H3,(H,26,28). The van der Waals surface area contributed by atoms with Gasteiger partial charge >= 0.3 is 5.97 Å². The largest absolute Gasteiger partial charge is 0.453 e. The number of esters is 1. The van der Waals surface area contributed by atoms with E-state index in [0.717, 1.165) is 10.6 Å². The van der Waals surface area contributed by atoms with E-state index in [1.165, 1.54) is 11.3 Å². The number of Topliss-reactive ketones (excluding diaryl/α,β-unsaturated/α-hetero) is 1. The van der Waals surface area contributed by atoms with Crippen LogP contribution in [0.1, 0.15) is 36.1 Å². The quantitative estimate of drug-likeness (QED) is 0.291. The Kier molecular flexibility index (Phi) is 6.53. The zero-order valence-electron chi connectivity index (χ0n) is 17.0. The lowest BCUT2D eigenvalue weighted by Crippen LogP contribution is -2.15. The molecule has 6 nitrogen and oxygen atoms in total. The van der Waals surface area contributed by atoms with Crippen molar-refractivity contribution in [3.63, 3.8) is 0 Å². The summed E-state index contributed by atoms with van der Waals surface area (Å²) in [5.41, 5.74) is 3.02. The van der Waals surface area contributed by atoms with Crippen LogP contribution in [0.2, 0.25) is 0 Å². The number of aryl methyl sites for hydroxylation is 1. The lowest BCUT2D eigenvalue weighted by atomic mass is 10.1. The molecular formula is C24H18N2O4S2. The van der Waals surface area contributed by atoms with Crippen LogP contribution in [0.3, 0.4) is 0 Å². The first kappa shape index (κ1) is 21.6. The second-order valence-corrected chi connectivity index (χ2v) is 8.62. The highest BCUT2D eigenvalue weighted by atomic mass is 32.1. The number of amides is 1. The molecule has 0 radical (unpaired) electrons. The molecule has 0 atom stereocenters. The van der Waals surface area contributed by atoms with E-state index in [1.54, 1.807) is 66.8 Å². The van der Waals surface area contributed by atoms with Gasteiger partial charge < -0.3 is 10.1 Å². The third-order valence-electron chi connectivity index (χ3n) is 4.59. The van der Waals surface area contributed by atoms with Crippen LogP contribution in [0.15, 0.2) is 71.4 Å². The zero-order chi connectivity index (χ0) is 22.5. The van der Waals surface area contributed by atoms with Crippen LogP contribution >= 0.6 is 22.7 Å². The Balaban J connectivity index is 1.34. The topological polar surface area (TPSA) is 85.4 Å². The number of hydrogen-bond acceptors (Lipinski definition) is 7. The van der Waals surface area contributed by atoms with Gasteiger partial charge in [0.05, 0.1) is 5.69 Å². The number of ether oxygens (including phenoxy) is 1. The van der Waals surface area contributed by atoms with Crippen molar-refractivity contribution in [3.05, 3.63) is 93.1 Å². The zero-order valence-corrected chi connectivity index (χ0v) is 18.7. The number of thiazole rings is 1. The molecule has 0 saturated carbocycles. The number of ketones is 1. The van der Waals surface area contributed by atoms with Gasteiger partial charge in [0.25, 0.3) is 5.91 Å². The molecule has 1 N–H and O–H groups in total. The Morgan fingerprint density at radius 2 is 1.72 bits per heavy atom. The van der Waals surface area contributed by atoms with Crippen LogP contribution in [-0.4, -0.2) is 29.3 Å². The first-order chi connectivity index (χ1) is 15.5. The predicted octanol–water partition coefficient (Wildman–Crippen LogP) is 5.47. The van der Waals surface area contributed by atoms with Gasteiger partial charge in [-0.2, -0.15) is 11.3 Å². The van der Waals surface area contributed by atoms with E-state index < -0.39 is 5.97 Å². The molecule has 0 unspecified atom stereocenters. The molecule has 0 spiro atoms. The molecule has 0 bridgehead atoms. The summed E-state index contributed by atoms with van der Waals surface area (Å²) in [6.45, 7) is 1.37. The van der Waals surface area contributed by atoms with Gasteiger partial charge in [0.15, 0.2) is 12.4 Å². The summed E-state index contributed by atoms with van der Waals surface area (Å²) in [6, 6.07) is 17.2. The first-order valence-electron chi connectivity index (χ1n) is 9.68. The number of benzene rings is 2. The van der Waals surface area contributed by atoms with Crippen molar-refractivity contribution in [2.45, 2.75) is 6.92 Å². The third kappa shape index (κ3) is 4.99. The number of hydrogen-bond donors (Lipinski definition) is 1. The number of thiophene rings is 1.